The van der Waals surface area contributed by atoms with Crippen LogP contribution in [-0.2, 0) is 16.4 Å². The predicted molar refractivity (Wildman–Crippen MR) is 77.0 cm³/mol. The second kappa shape index (κ2) is 6.81. The summed E-state index contributed by atoms with van der Waals surface area (Å²) in [4.78, 5) is 0.0459. The second-order valence-corrected chi connectivity index (χ2v) is 7.34. The molecule has 0 aliphatic heterocycles. The third-order valence-electron chi connectivity index (χ3n) is 3.45. The third kappa shape index (κ3) is 4.72. The number of rotatable bonds is 8. The van der Waals surface area contributed by atoms with Crippen molar-refractivity contribution in [3.05, 3.63) is 29.8 Å². The Morgan fingerprint density at radius 3 is 2.43 bits per heavy atom. The van der Waals surface area contributed by atoms with Crippen molar-refractivity contribution in [3.8, 4) is 0 Å². The monoisotopic (exact) mass is 318 g/mol. The van der Waals surface area contributed by atoms with Crippen LogP contribution in [0.25, 0.3) is 0 Å². The summed E-state index contributed by atoms with van der Waals surface area (Å²) in [6.07, 6.45) is 0.600. The zero-order chi connectivity index (χ0) is 15.5. The Balaban J connectivity index is 1.96. The third-order valence-corrected chi connectivity index (χ3v) is 5.29. The highest BCUT2D eigenvalue weighted by Gasteiger charge is 2.23. The number of benzene rings is 1. The lowest BCUT2D eigenvalue weighted by Crippen LogP contribution is -2.31. The minimum Gasteiger partial charge on any atom is -0.314 e. The maximum Gasteiger partial charge on any atom is 0.252 e. The number of hydrogen-bond donors (Lipinski definition) is 1. The summed E-state index contributed by atoms with van der Waals surface area (Å²) in [6, 6.07) is 7.07. The normalized spacial score (nSPS) is 15.9. The molecular weight excluding hydrogens is 298 g/mol. The highest BCUT2D eigenvalue weighted by Crippen LogP contribution is 2.19. The van der Waals surface area contributed by atoms with Gasteiger partial charge in [0.15, 0.2) is 0 Å². The van der Waals surface area contributed by atoms with Gasteiger partial charge in [-0.3, -0.25) is 0 Å². The molecule has 0 bridgehead atoms. The average molecular weight is 318 g/mol. The van der Waals surface area contributed by atoms with E-state index in [-0.39, 0.29) is 4.90 Å². The first-order valence-corrected chi connectivity index (χ1v) is 8.40. The summed E-state index contributed by atoms with van der Waals surface area (Å²) in [5.41, 5.74) is 1.03. The van der Waals surface area contributed by atoms with Crippen molar-refractivity contribution < 1.29 is 17.2 Å². The quantitative estimate of drug-likeness (QED) is 0.796. The lowest BCUT2D eigenvalue weighted by molar-refractivity contribution is 0.126. The van der Waals surface area contributed by atoms with Crippen molar-refractivity contribution in [3.63, 3.8) is 0 Å². The smallest absolute Gasteiger partial charge is 0.252 e. The largest absolute Gasteiger partial charge is 0.314 e. The summed E-state index contributed by atoms with van der Waals surface area (Å²) < 4.78 is 49.4. The van der Waals surface area contributed by atoms with E-state index in [1.807, 2.05) is 0 Å². The van der Waals surface area contributed by atoms with Gasteiger partial charge in [-0.1, -0.05) is 12.1 Å². The van der Waals surface area contributed by atoms with E-state index < -0.39 is 23.0 Å². The van der Waals surface area contributed by atoms with Gasteiger partial charge < -0.3 is 5.32 Å². The highest BCUT2D eigenvalue weighted by atomic mass is 32.2. The molecule has 0 spiro atoms. The molecule has 1 fully saturated rings. The first kappa shape index (κ1) is 16.3. The van der Waals surface area contributed by atoms with E-state index in [1.54, 1.807) is 12.1 Å². The standard InChI is InChI=1S/C14H20F2N2O2S/c1-18(10-14(15)16)21(19,20)13-6-2-11(3-7-13)8-9-17-12-4-5-12/h2-3,6-7,12,14,17H,4-5,8-10H2,1H3. The molecular formula is C14H20F2N2O2S. The summed E-state index contributed by atoms with van der Waals surface area (Å²) in [5.74, 6) is 0. The van der Waals surface area contributed by atoms with E-state index in [1.165, 1.54) is 25.0 Å². The zero-order valence-corrected chi connectivity index (χ0v) is 12.7. The Morgan fingerprint density at radius 1 is 1.29 bits per heavy atom. The molecule has 1 N–H and O–H groups in total. The molecule has 2 rings (SSSR count). The lowest BCUT2D eigenvalue weighted by atomic mass is 10.1. The Kier molecular flexibility index (Phi) is 5.29. The van der Waals surface area contributed by atoms with Crippen LogP contribution in [0.5, 0.6) is 0 Å². The predicted octanol–water partition coefficient (Wildman–Crippen LogP) is 1.87. The minimum absolute atomic E-state index is 0.0459. The van der Waals surface area contributed by atoms with Gasteiger partial charge in [0, 0.05) is 13.1 Å². The maximum absolute atomic E-state index is 12.3. The van der Waals surface area contributed by atoms with Gasteiger partial charge in [0.1, 0.15) is 0 Å². The molecule has 0 unspecified atom stereocenters. The molecule has 1 aromatic rings. The van der Waals surface area contributed by atoms with Crippen molar-refractivity contribution >= 4 is 10.0 Å². The molecule has 0 aromatic heterocycles. The van der Waals surface area contributed by atoms with E-state index in [2.05, 4.69) is 5.32 Å². The lowest BCUT2D eigenvalue weighted by Gasteiger charge is -2.16. The summed E-state index contributed by atoms with van der Waals surface area (Å²) in [5, 5.41) is 3.38. The molecule has 7 heteroatoms. The molecule has 1 saturated carbocycles. The van der Waals surface area contributed by atoms with E-state index in [0.29, 0.717) is 10.3 Å². The molecule has 0 radical (unpaired) electrons. The van der Waals surface area contributed by atoms with Crippen molar-refractivity contribution in [2.24, 2.45) is 0 Å². The number of nitrogens with zero attached hydrogens (tertiary/aromatic N) is 1. The second-order valence-electron chi connectivity index (χ2n) is 5.30. The topological polar surface area (TPSA) is 49.4 Å². The number of halogens is 2. The Bertz CT molecular complexity index is 557. The first-order chi connectivity index (χ1) is 9.89. The molecule has 0 amide bonds. The van der Waals surface area contributed by atoms with Gasteiger partial charge >= 0.3 is 0 Å². The van der Waals surface area contributed by atoms with Gasteiger partial charge in [0.05, 0.1) is 11.4 Å². The molecule has 0 saturated heterocycles. The number of sulfonamides is 1. The Morgan fingerprint density at radius 2 is 1.90 bits per heavy atom. The van der Waals surface area contributed by atoms with E-state index in [0.717, 1.165) is 25.6 Å². The van der Waals surface area contributed by atoms with Crippen LogP contribution in [0.3, 0.4) is 0 Å². The molecule has 1 aliphatic rings. The van der Waals surface area contributed by atoms with Gasteiger partial charge in [-0.2, -0.15) is 4.31 Å². The van der Waals surface area contributed by atoms with Crippen LogP contribution in [0.1, 0.15) is 18.4 Å². The minimum atomic E-state index is -3.84. The van der Waals surface area contributed by atoms with Crippen molar-refractivity contribution in [2.45, 2.75) is 36.6 Å². The zero-order valence-electron chi connectivity index (χ0n) is 11.9. The fourth-order valence-electron chi connectivity index (χ4n) is 2.01. The highest BCUT2D eigenvalue weighted by molar-refractivity contribution is 7.89. The Labute approximate surface area is 124 Å². The molecule has 1 aliphatic carbocycles. The number of alkyl halides is 2. The van der Waals surface area contributed by atoms with Crippen LogP contribution in [0.15, 0.2) is 29.2 Å². The van der Waals surface area contributed by atoms with Crippen molar-refractivity contribution in [2.75, 3.05) is 20.1 Å². The van der Waals surface area contributed by atoms with Crippen LogP contribution in [0, 0.1) is 0 Å². The summed E-state index contributed by atoms with van der Waals surface area (Å²) in [6.45, 7) is 0.0669. The van der Waals surface area contributed by atoms with Crippen molar-refractivity contribution in [1.82, 2.24) is 9.62 Å². The number of nitrogens with one attached hydrogen (secondary N) is 1. The van der Waals surface area contributed by atoms with Gasteiger partial charge in [0.25, 0.3) is 6.43 Å². The van der Waals surface area contributed by atoms with Gasteiger partial charge in [0.2, 0.25) is 10.0 Å². The van der Waals surface area contributed by atoms with E-state index in [4.69, 9.17) is 0 Å². The number of hydrogen-bond acceptors (Lipinski definition) is 3. The molecule has 0 atom stereocenters. The van der Waals surface area contributed by atoms with Gasteiger partial charge in [-0.05, 0) is 43.5 Å². The van der Waals surface area contributed by atoms with Crippen LogP contribution < -0.4 is 5.32 Å². The van der Waals surface area contributed by atoms with Crippen LogP contribution in [0.4, 0.5) is 8.78 Å². The van der Waals surface area contributed by atoms with Gasteiger partial charge in [-0.25, -0.2) is 17.2 Å². The Hall–Kier alpha value is -1.05. The molecule has 1 aromatic carbocycles. The molecule has 118 valence electrons. The fourth-order valence-corrected chi connectivity index (χ4v) is 3.16. The average Bonchev–Trinajstić information content (AvgIpc) is 3.22. The summed E-state index contributed by atoms with van der Waals surface area (Å²) >= 11 is 0. The SMILES string of the molecule is CN(CC(F)F)S(=O)(=O)c1ccc(CCNC2CC2)cc1. The van der Waals surface area contributed by atoms with Crippen LogP contribution in [0.2, 0.25) is 0 Å². The maximum atomic E-state index is 12.3. The van der Waals surface area contributed by atoms with Crippen LogP contribution in [-0.4, -0.2) is 45.3 Å². The summed E-state index contributed by atoms with van der Waals surface area (Å²) in [7, 11) is -2.68. The fraction of sp³-hybridized carbons (Fsp3) is 0.571. The molecule has 4 nitrogen and oxygen atoms in total. The van der Waals surface area contributed by atoms with Crippen molar-refractivity contribution in [1.29, 1.82) is 0 Å². The molecule has 21 heavy (non-hydrogen) atoms. The molecule has 0 heterocycles. The van der Waals surface area contributed by atoms with Gasteiger partial charge in [-0.15, -0.1) is 0 Å². The van der Waals surface area contributed by atoms with Crippen LogP contribution >= 0.6 is 0 Å². The first-order valence-electron chi connectivity index (χ1n) is 6.96. The van der Waals surface area contributed by atoms with E-state index >= 15 is 0 Å². The van der Waals surface area contributed by atoms with E-state index in [9.17, 15) is 17.2 Å².